The SMILES string of the molecule is C=C(C)C(=O)OCCCCCCCCCCCOC(=O)c1cc(CCCCCCOOc2ccc(C=CC(=O)OC)cc2OC)ccc1OC(=O)c1ccc(CCCCC)cc1. The zero-order valence-corrected chi connectivity index (χ0v) is 37.5. The van der Waals surface area contributed by atoms with Gasteiger partial charge in [0.25, 0.3) is 0 Å². The summed E-state index contributed by atoms with van der Waals surface area (Å²) in [4.78, 5) is 60.5. The Morgan fingerprint density at radius 1 is 0.597 bits per heavy atom. The highest BCUT2D eigenvalue weighted by atomic mass is 17.2. The molecule has 0 N–H and O–H groups in total. The van der Waals surface area contributed by atoms with Gasteiger partial charge in [-0.1, -0.05) is 108 Å². The standard InChI is InChI=1S/C51H68O11/c1-6-7-17-22-40-24-29-43(30-25-40)50(54)61-45-31-26-41(23-18-13-16-21-36-60-62-46-32-27-42(38-47(46)56-4)28-33-48(52)57-5)37-44(45)51(55)59-35-20-15-12-10-8-9-11-14-19-34-58-49(53)39(2)3/h24-33,37-38H,2,6-23,34-36H2,1,3-5H3. The van der Waals surface area contributed by atoms with E-state index in [2.05, 4.69) is 18.2 Å². The number of carbonyl (C=O) groups excluding carboxylic acids is 4. The molecule has 62 heavy (non-hydrogen) atoms. The van der Waals surface area contributed by atoms with Crippen molar-refractivity contribution in [2.45, 2.75) is 129 Å². The van der Waals surface area contributed by atoms with E-state index in [1.807, 2.05) is 18.2 Å². The lowest BCUT2D eigenvalue weighted by molar-refractivity contribution is -0.208. The minimum Gasteiger partial charge on any atom is -0.493 e. The number of unbranched alkanes of at least 4 members (excludes halogenated alkanes) is 13. The zero-order valence-electron chi connectivity index (χ0n) is 37.5. The topological polar surface area (TPSA) is 133 Å². The van der Waals surface area contributed by atoms with Crippen LogP contribution in [0.2, 0.25) is 0 Å². The van der Waals surface area contributed by atoms with E-state index < -0.39 is 17.9 Å². The Kier molecular flexibility index (Phi) is 25.1. The molecule has 0 aliphatic carbocycles. The van der Waals surface area contributed by atoms with Gasteiger partial charge in [-0.3, -0.25) is 0 Å². The fraction of sp³-hybridized carbons (Fsp3) is 0.490. The molecule has 0 fully saturated rings. The summed E-state index contributed by atoms with van der Waals surface area (Å²) in [5, 5.41) is 0. The van der Waals surface area contributed by atoms with Crippen LogP contribution >= 0.6 is 0 Å². The van der Waals surface area contributed by atoms with Gasteiger partial charge < -0.3 is 28.6 Å². The van der Waals surface area contributed by atoms with E-state index >= 15 is 0 Å². The van der Waals surface area contributed by atoms with E-state index in [1.54, 1.807) is 55.5 Å². The third-order valence-corrected chi connectivity index (χ3v) is 10.2. The molecule has 11 heteroatoms. The molecule has 0 saturated carbocycles. The molecular formula is C51H68O11. The smallest absolute Gasteiger partial charge is 0.343 e. The highest BCUT2D eigenvalue weighted by Gasteiger charge is 2.19. The van der Waals surface area contributed by atoms with Gasteiger partial charge >= 0.3 is 23.9 Å². The van der Waals surface area contributed by atoms with Crippen LogP contribution in [0, 0.1) is 0 Å². The lowest BCUT2D eigenvalue weighted by Crippen LogP contribution is -2.14. The molecule has 3 aromatic carbocycles. The van der Waals surface area contributed by atoms with Gasteiger partial charge in [0.1, 0.15) is 11.3 Å². The van der Waals surface area contributed by atoms with E-state index in [0.29, 0.717) is 35.8 Å². The van der Waals surface area contributed by atoms with Crippen molar-refractivity contribution in [3.05, 3.63) is 107 Å². The van der Waals surface area contributed by atoms with Crippen LogP contribution in [0.3, 0.4) is 0 Å². The van der Waals surface area contributed by atoms with Crippen LogP contribution < -0.4 is 14.4 Å². The molecule has 0 aromatic heterocycles. The lowest BCUT2D eigenvalue weighted by atomic mass is 10.0. The summed E-state index contributed by atoms with van der Waals surface area (Å²) in [7, 11) is 2.85. The summed E-state index contributed by atoms with van der Waals surface area (Å²) in [6, 6.07) is 18.1. The van der Waals surface area contributed by atoms with Gasteiger partial charge in [-0.15, -0.1) is 0 Å². The Hall–Kier alpha value is -5.42. The van der Waals surface area contributed by atoms with Crippen molar-refractivity contribution in [3.63, 3.8) is 0 Å². The van der Waals surface area contributed by atoms with E-state index in [-0.39, 0.29) is 23.9 Å². The number of ether oxygens (including phenoxy) is 5. The minimum atomic E-state index is -0.521. The van der Waals surface area contributed by atoms with Gasteiger partial charge in [-0.05, 0) is 111 Å². The van der Waals surface area contributed by atoms with Crippen molar-refractivity contribution in [2.75, 3.05) is 34.0 Å². The van der Waals surface area contributed by atoms with Crippen LogP contribution in [0.15, 0.2) is 78.9 Å². The van der Waals surface area contributed by atoms with Crippen molar-refractivity contribution in [2.24, 2.45) is 0 Å². The summed E-state index contributed by atoms with van der Waals surface area (Å²) in [5.74, 6) is -0.711. The molecule has 0 amide bonds. The molecule has 0 bridgehead atoms. The first kappa shape index (κ1) is 50.9. The number of rotatable bonds is 32. The second-order valence-electron chi connectivity index (χ2n) is 15.4. The summed E-state index contributed by atoms with van der Waals surface area (Å²) in [6.45, 7) is 8.54. The number of hydrogen-bond donors (Lipinski definition) is 0. The predicted octanol–water partition coefficient (Wildman–Crippen LogP) is 11.7. The van der Waals surface area contributed by atoms with Crippen molar-refractivity contribution >= 4 is 30.0 Å². The summed E-state index contributed by atoms with van der Waals surface area (Å²) < 4.78 is 26.7. The molecule has 0 aliphatic rings. The number of carbonyl (C=O) groups is 4. The Morgan fingerprint density at radius 2 is 1.18 bits per heavy atom. The van der Waals surface area contributed by atoms with Crippen LogP contribution in [-0.4, -0.2) is 57.9 Å². The average Bonchev–Trinajstić information content (AvgIpc) is 3.28. The Bertz CT molecular complexity index is 1850. The third kappa shape index (κ3) is 20.4. The van der Waals surface area contributed by atoms with Crippen molar-refractivity contribution in [3.8, 4) is 17.2 Å². The Labute approximate surface area is 369 Å². The van der Waals surface area contributed by atoms with Gasteiger partial charge in [0.2, 0.25) is 5.75 Å². The fourth-order valence-corrected chi connectivity index (χ4v) is 6.54. The fourth-order valence-electron chi connectivity index (χ4n) is 6.54. The summed E-state index contributed by atoms with van der Waals surface area (Å²) in [5.41, 5.74) is 3.98. The quantitative estimate of drug-likeness (QED) is 0.0113. The van der Waals surface area contributed by atoms with Gasteiger partial charge in [0.15, 0.2) is 5.75 Å². The maximum Gasteiger partial charge on any atom is 0.343 e. The summed E-state index contributed by atoms with van der Waals surface area (Å²) >= 11 is 0. The van der Waals surface area contributed by atoms with Gasteiger partial charge in [-0.25, -0.2) is 19.2 Å². The predicted molar refractivity (Wildman–Crippen MR) is 241 cm³/mol. The molecule has 0 saturated heterocycles. The van der Waals surface area contributed by atoms with E-state index in [1.165, 1.54) is 25.9 Å². The van der Waals surface area contributed by atoms with Crippen LogP contribution in [0.5, 0.6) is 17.2 Å². The molecule has 0 spiro atoms. The number of esters is 4. The minimum absolute atomic E-state index is 0.186. The normalized spacial score (nSPS) is 11.0. The van der Waals surface area contributed by atoms with Gasteiger partial charge in [0, 0.05) is 11.6 Å². The zero-order chi connectivity index (χ0) is 44.8. The third-order valence-electron chi connectivity index (χ3n) is 10.2. The van der Waals surface area contributed by atoms with E-state index in [9.17, 15) is 19.2 Å². The number of methoxy groups -OCH3 is 2. The Morgan fingerprint density at radius 3 is 1.82 bits per heavy atom. The first-order valence-corrected chi connectivity index (χ1v) is 22.3. The van der Waals surface area contributed by atoms with Gasteiger partial charge in [0.05, 0.1) is 39.6 Å². The molecule has 338 valence electrons. The van der Waals surface area contributed by atoms with Crippen LogP contribution in [0.25, 0.3) is 6.08 Å². The molecule has 0 atom stereocenters. The monoisotopic (exact) mass is 856 g/mol. The molecule has 3 rings (SSSR count). The first-order chi connectivity index (χ1) is 30.1. The summed E-state index contributed by atoms with van der Waals surface area (Å²) in [6.07, 6.45) is 20.8. The number of aryl methyl sites for hydroxylation is 2. The molecular weight excluding hydrogens is 789 g/mol. The van der Waals surface area contributed by atoms with E-state index in [0.717, 1.165) is 127 Å². The molecule has 0 unspecified atom stereocenters. The maximum atomic E-state index is 13.5. The second-order valence-corrected chi connectivity index (χ2v) is 15.4. The van der Waals surface area contributed by atoms with Gasteiger partial charge in [-0.2, -0.15) is 4.89 Å². The lowest BCUT2D eigenvalue weighted by Gasteiger charge is -2.13. The van der Waals surface area contributed by atoms with E-state index in [4.69, 9.17) is 28.7 Å². The van der Waals surface area contributed by atoms with Crippen LogP contribution in [0.1, 0.15) is 154 Å². The second kappa shape index (κ2) is 30.6. The van der Waals surface area contributed by atoms with Crippen molar-refractivity contribution in [1.29, 1.82) is 0 Å². The largest absolute Gasteiger partial charge is 0.493 e. The van der Waals surface area contributed by atoms with Crippen LogP contribution in [-0.2, 0) is 41.5 Å². The molecule has 0 radical (unpaired) electrons. The number of hydrogen-bond acceptors (Lipinski definition) is 11. The molecule has 0 aliphatic heterocycles. The first-order valence-electron chi connectivity index (χ1n) is 22.3. The van der Waals surface area contributed by atoms with Crippen LogP contribution in [0.4, 0.5) is 0 Å². The highest BCUT2D eigenvalue weighted by molar-refractivity contribution is 5.96. The Balaban J connectivity index is 1.45. The average molecular weight is 857 g/mol. The maximum absolute atomic E-state index is 13.5. The number of benzene rings is 3. The van der Waals surface area contributed by atoms with Crippen molar-refractivity contribution < 1.29 is 52.6 Å². The molecule has 3 aromatic rings. The van der Waals surface area contributed by atoms with Crippen molar-refractivity contribution in [1.82, 2.24) is 0 Å². The molecule has 11 nitrogen and oxygen atoms in total. The molecule has 0 heterocycles. The highest BCUT2D eigenvalue weighted by Crippen LogP contribution is 2.29.